The second-order valence-electron chi connectivity index (χ2n) is 4.35. The molecule has 0 aliphatic rings. The molecule has 0 bridgehead atoms. The molecule has 6 heteroatoms. The van der Waals surface area contributed by atoms with E-state index in [1.807, 2.05) is 13.8 Å². The molecule has 19 heavy (non-hydrogen) atoms. The van der Waals surface area contributed by atoms with Gasteiger partial charge in [0.25, 0.3) is 5.91 Å². The minimum Gasteiger partial charge on any atom is -0.467 e. The van der Waals surface area contributed by atoms with Crippen LogP contribution in [0.2, 0.25) is 5.02 Å². The normalized spacial score (nSPS) is 12.1. The SMILES string of the molecule is COC(=O)[C@@H](NC(=O)c1ccc(Br)c(Cl)c1)C(C)C. The van der Waals surface area contributed by atoms with Crippen molar-refractivity contribution in [2.24, 2.45) is 5.92 Å². The molecule has 0 heterocycles. The van der Waals surface area contributed by atoms with Crippen molar-refractivity contribution >= 4 is 39.4 Å². The predicted molar refractivity (Wildman–Crippen MR) is 77.3 cm³/mol. The van der Waals surface area contributed by atoms with Crippen LogP contribution in [-0.4, -0.2) is 25.0 Å². The van der Waals surface area contributed by atoms with Crippen molar-refractivity contribution in [3.05, 3.63) is 33.3 Å². The van der Waals surface area contributed by atoms with Crippen LogP contribution in [0.4, 0.5) is 0 Å². The van der Waals surface area contributed by atoms with Gasteiger partial charge in [0.1, 0.15) is 6.04 Å². The van der Waals surface area contributed by atoms with E-state index in [2.05, 4.69) is 26.0 Å². The lowest BCUT2D eigenvalue weighted by Gasteiger charge is -2.19. The summed E-state index contributed by atoms with van der Waals surface area (Å²) in [4.78, 5) is 23.6. The standard InChI is InChI=1S/C13H15BrClNO3/c1-7(2)11(13(18)19-3)16-12(17)8-4-5-9(14)10(15)6-8/h4-7,11H,1-3H3,(H,16,17)/t11-/m0/s1. The van der Waals surface area contributed by atoms with Gasteiger partial charge >= 0.3 is 5.97 Å². The Morgan fingerprint density at radius 3 is 2.47 bits per heavy atom. The second kappa shape index (κ2) is 6.91. The predicted octanol–water partition coefficient (Wildman–Crippen LogP) is 3.03. The number of methoxy groups -OCH3 is 1. The van der Waals surface area contributed by atoms with Gasteiger partial charge in [0.05, 0.1) is 12.1 Å². The molecular weight excluding hydrogens is 334 g/mol. The summed E-state index contributed by atoms with van der Waals surface area (Å²) in [7, 11) is 1.29. The summed E-state index contributed by atoms with van der Waals surface area (Å²) in [6.07, 6.45) is 0. The van der Waals surface area contributed by atoms with Crippen LogP contribution in [0.25, 0.3) is 0 Å². The van der Waals surface area contributed by atoms with Crippen LogP contribution in [0.15, 0.2) is 22.7 Å². The Labute approximate surface area is 125 Å². The lowest BCUT2D eigenvalue weighted by Crippen LogP contribution is -2.45. The first-order chi connectivity index (χ1) is 8.86. The summed E-state index contributed by atoms with van der Waals surface area (Å²) in [6.45, 7) is 3.66. The van der Waals surface area contributed by atoms with Crippen LogP contribution < -0.4 is 5.32 Å². The number of carbonyl (C=O) groups is 2. The molecule has 0 unspecified atom stereocenters. The van der Waals surface area contributed by atoms with Crippen LogP contribution in [0.5, 0.6) is 0 Å². The van der Waals surface area contributed by atoms with Crippen molar-refractivity contribution in [2.75, 3.05) is 7.11 Å². The zero-order chi connectivity index (χ0) is 14.6. The van der Waals surface area contributed by atoms with Gasteiger partial charge in [0.15, 0.2) is 0 Å². The smallest absolute Gasteiger partial charge is 0.328 e. The topological polar surface area (TPSA) is 55.4 Å². The van der Waals surface area contributed by atoms with E-state index in [0.717, 1.165) is 0 Å². The number of carbonyl (C=O) groups excluding carboxylic acids is 2. The zero-order valence-electron chi connectivity index (χ0n) is 10.9. The molecule has 0 aliphatic carbocycles. The molecule has 4 nitrogen and oxygen atoms in total. The Morgan fingerprint density at radius 1 is 1.37 bits per heavy atom. The van der Waals surface area contributed by atoms with Crippen LogP contribution in [0.1, 0.15) is 24.2 Å². The van der Waals surface area contributed by atoms with Gasteiger partial charge in [-0.2, -0.15) is 0 Å². The fraction of sp³-hybridized carbons (Fsp3) is 0.385. The van der Waals surface area contributed by atoms with Gasteiger partial charge < -0.3 is 10.1 Å². The molecule has 0 fully saturated rings. The fourth-order valence-electron chi connectivity index (χ4n) is 1.49. The van der Waals surface area contributed by atoms with Crippen LogP contribution in [-0.2, 0) is 9.53 Å². The van der Waals surface area contributed by atoms with E-state index in [1.165, 1.54) is 13.2 Å². The first-order valence-corrected chi connectivity index (χ1v) is 6.87. The van der Waals surface area contributed by atoms with E-state index < -0.39 is 12.0 Å². The molecule has 104 valence electrons. The number of hydrogen-bond acceptors (Lipinski definition) is 3. The Morgan fingerprint density at radius 2 is 2.00 bits per heavy atom. The highest BCUT2D eigenvalue weighted by molar-refractivity contribution is 9.10. The highest BCUT2D eigenvalue weighted by Gasteiger charge is 2.25. The highest BCUT2D eigenvalue weighted by Crippen LogP contribution is 2.23. The average molecular weight is 349 g/mol. The second-order valence-corrected chi connectivity index (χ2v) is 5.61. The third-order valence-corrected chi connectivity index (χ3v) is 3.82. The molecule has 1 atom stereocenters. The molecule has 1 aromatic rings. The van der Waals surface area contributed by atoms with Crippen LogP contribution >= 0.6 is 27.5 Å². The van der Waals surface area contributed by atoms with E-state index in [1.54, 1.807) is 12.1 Å². The summed E-state index contributed by atoms with van der Waals surface area (Å²) < 4.78 is 5.37. The third kappa shape index (κ3) is 4.21. The molecule has 0 aliphatic heterocycles. The number of amides is 1. The minimum atomic E-state index is -0.681. The zero-order valence-corrected chi connectivity index (χ0v) is 13.2. The maximum atomic E-state index is 12.1. The van der Waals surface area contributed by atoms with Crippen LogP contribution in [0, 0.1) is 5.92 Å². The van der Waals surface area contributed by atoms with Crippen molar-refractivity contribution in [3.63, 3.8) is 0 Å². The molecule has 0 radical (unpaired) electrons. The number of esters is 1. The van der Waals surface area contributed by atoms with Crippen molar-refractivity contribution in [2.45, 2.75) is 19.9 Å². The Balaban J connectivity index is 2.87. The van der Waals surface area contributed by atoms with E-state index in [-0.39, 0.29) is 11.8 Å². The Bertz CT molecular complexity index is 491. The number of nitrogens with one attached hydrogen (secondary N) is 1. The molecule has 1 rings (SSSR count). The number of ether oxygens (including phenoxy) is 1. The largest absolute Gasteiger partial charge is 0.467 e. The lowest BCUT2D eigenvalue weighted by molar-refractivity contribution is -0.144. The average Bonchev–Trinajstić information content (AvgIpc) is 2.37. The van der Waals surface area contributed by atoms with Crippen molar-refractivity contribution in [1.29, 1.82) is 0 Å². The molecule has 0 spiro atoms. The molecular formula is C13H15BrClNO3. The summed E-state index contributed by atoms with van der Waals surface area (Å²) in [5.74, 6) is -0.896. The Kier molecular flexibility index (Phi) is 5.82. The van der Waals surface area contributed by atoms with Gasteiger partial charge in [-0.15, -0.1) is 0 Å². The molecule has 1 amide bonds. The highest BCUT2D eigenvalue weighted by atomic mass is 79.9. The Hall–Kier alpha value is -1.07. The maximum Gasteiger partial charge on any atom is 0.328 e. The quantitative estimate of drug-likeness (QED) is 0.851. The van der Waals surface area contributed by atoms with E-state index in [9.17, 15) is 9.59 Å². The van der Waals surface area contributed by atoms with Crippen molar-refractivity contribution in [1.82, 2.24) is 5.32 Å². The van der Waals surface area contributed by atoms with Gasteiger partial charge in [-0.05, 0) is 40.0 Å². The minimum absolute atomic E-state index is 0.0673. The summed E-state index contributed by atoms with van der Waals surface area (Å²) >= 11 is 9.18. The number of hydrogen-bond donors (Lipinski definition) is 1. The van der Waals surface area contributed by atoms with Gasteiger partial charge in [-0.3, -0.25) is 4.79 Å². The summed E-state index contributed by atoms with van der Waals surface area (Å²) in [5.41, 5.74) is 0.391. The van der Waals surface area contributed by atoms with Gasteiger partial charge in [0, 0.05) is 10.0 Å². The van der Waals surface area contributed by atoms with E-state index in [4.69, 9.17) is 11.6 Å². The van der Waals surface area contributed by atoms with E-state index >= 15 is 0 Å². The molecule has 0 aromatic heterocycles. The van der Waals surface area contributed by atoms with Gasteiger partial charge in [-0.25, -0.2) is 4.79 Å². The molecule has 0 saturated carbocycles. The maximum absolute atomic E-state index is 12.1. The number of benzene rings is 1. The van der Waals surface area contributed by atoms with E-state index in [0.29, 0.717) is 15.1 Å². The van der Waals surface area contributed by atoms with Gasteiger partial charge in [0.2, 0.25) is 0 Å². The van der Waals surface area contributed by atoms with Crippen molar-refractivity contribution < 1.29 is 14.3 Å². The molecule has 1 N–H and O–H groups in total. The van der Waals surface area contributed by atoms with Crippen molar-refractivity contribution in [3.8, 4) is 0 Å². The van der Waals surface area contributed by atoms with Crippen LogP contribution in [0.3, 0.4) is 0 Å². The summed E-state index contributed by atoms with van der Waals surface area (Å²) in [5, 5.41) is 3.08. The first-order valence-electron chi connectivity index (χ1n) is 5.70. The summed E-state index contributed by atoms with van der Waals surface area (Å²) in [6, 6.07) is 4.16. The van der Waals surface area contributed by atoms with Gasteiger partial charge in [-0.1, -0.05) is 25.4 Å². The molecule has 1 aromatic carbocycles. The fourth-order valence-corrected chi connectivity index (χ4v) is 1.91. The monoisotopic (exact) mass is 347 g/mol. The molecule has 0 saturated heterocycles. The lowest BCUT2D eigenvalue weighted by atomic mass is 10.0. The number of halogens is 2. The third-order valence-electron chi connectivity index (χ3n) is 2.59. The first kappa shape index (κ1) is 16.0. The number of rotatable bonds is 4.